The molecule has 0 radical (unpaired) electrons. The van der Waals surface area contributed by atoms with Gasteiger partial charge in [-0.2, -0.15) is 5.26 Å². The fourth-order valence-corrected chi connectivity index (χ4v) is 2.98. The Morgan fingerprint density at radius 3 is 2.22 bits per heavy atom. The summed E-state index contributed by atoms with van der Waals surface area (Å²) < 4.78 is 30.5. The molecule has 0 aliphatic carbocycles. The number of benzene rings is 3. The summed E-state index contributed by atoms with van der Waals surface area (Å²) in [6.07, 6.45) is 1.10. The van der Waals surface area contributed by atoms with Gasteiger partial charge in [0.2, 0.25) is 0 Å². The lowest BCUT2D eigenvalue weighted by Crippen LogP contribution is -2.12. The van der Waals surface area contributed by atoms with Crippen LogP contribution in [-0.4, -0.2) is 32.4 Å². The number of ether oxygens (including phenoxy) is 3. The molecule has 0 fully saturated rings. The van der Waals surface area contributed by atoms with Gasteiger partial charge in [0, 0.05) is 11.6 Å². The van der Waals surface area contributed by atoms with E-state index in [1.165, 1.54) is 6.07 Å². The molecular weight excluding hydrogens is 409 g/mol. The average molecular weight is 431 g/mol. The van der Waals surface area contributed by atoms with E-state index in [1.54, 1.807) is 54.6 Å². The SMILES string of the molecule is C=CC(=O)OCCOCCOc1ccc(-c2ccc(-c3ccc(C#N)cc3)cc2F)cc1. The molecule has 3 rings (SSSR count). The van der Waals surface area contributed by atoms with Crippen LogP contribution in [-0.2, 0) is 14.3 Å². The third-order valence-electron chi connectivity index (χ3n) is 4.62. The van der Waals surface area contributed by atoms with Crippen LogP contribution in [0.3, 0.4) is 0 Å². The largest absolute Gasteiger partial charge is 0.491 e. The van der Waals surface area contributed by atoms with Gasteiger partial charge in [-0.15, -0.1) is 0 Å². The Hall–Kier alpha value is -3.95. The second kappa shape index (κ2) is 11.4. The van der Waals surface area contributed by atoms with E-state index >= 15 is 0 Å². The number of hydrogen-bond donors (Lipinski definition) is 0. The summed E-state index contributed by atoms with van der Waals surface area (Å²) in [6, 6.07) is 21.3. The molecule has 0 saturated heterocycles. The predicted molar refractivity (Wildman–Crippen MR) is 119 cm³/mol. The van der Waals surface area contributed by atoms with E-state index in [0.717, 1.165) is 22.8 Å². The van der Waals surface area contributed by atoms with E-state index in [1.807, 2.05) is 6.07 Å². The maximum Gasteiger partial charge on any atom is 0.330 e. The van der Waals surface area contributed by atoms with Crippen molar-refractivity contribution in [1.82, 2.24) is 0 Å². The highest BCUT2D eigenvalue weighted by molar-refractivity contribution is 5.81. The molecule has 0 spiro atoms. The van der Waals surface area contributed by atoms with Gasteiger partial charge >= 0.3 is 5.97 Å². The Morgan fingerprint density at radius 1 is 0.906 bits per heavy atom. The third kappa shape index (κ3) is 6.27. The summed E-state index contributed by atoms with van der Waals surface area (Å²) in [7, 11) is 0. The maximum atomic E-state index is 14.8. The van der Waals surface area contributed by atoms with Gasteiger partial charge in [0.1, 0.15) is 24.8 Å². The zero-order valence-corrected chi connectivity index (χ0v) is 17.4. The van der Waals surface area contributed by atoms with Gasteiger partial charge in [-0.1, -0.05) is 43.0 Å². The lowest BCUT2D eigenvalue weighted by molar-refractivity contribution is -0.139. The van der Waals surface area contributed by atoms with Crippen molar-refractivity contribution < 1.29 is 23.4 Å². The number of carbonyl (C=O) groups is 1. The average Bonchev–Trinajstić information content (AvgIpc) is 2.83. The van der Waals surface area contributed by atoms with Gasteiger partial charge in [0.25, 0.3) is 0 Å². The van der Waals surface area contributed by atoms with Crippen molar-refractivity contribution in [3.8, 4) is 34.1 Å². The first-order valence-electron chi connectivity index (χ1n) is 10.0. The van der Waals surface area contributed by atoms with Crippen molar-refractivity contribution in [3.05, 3.63) is 90.8 Å². The van der Waals surface area contributed by atoms with Crippen LogP contribution in [0.15, 0.2) is 79.4 Å². The predicted octanol–water partition coefficient (Wildman–Crippen LogP) is 5.16. The fourth-order valence-electron chi connectivity index (χ4n) is 2.98. The number of halogens is 1. The van der Waals surface area contributed by atoms with Crippen LogP contribution < -0.4 is 4.74 Å². The summed E-state index contributed by atoms with van der Waals surface area (Å²) >= 11 is 0. The summed E-state index contributed by atoms with van der Waals surface area (Å²) in [5.74, 6) is -0.165. The minimum Gasteiger partial charge on any atom is -0.491 e. The van der Waals surface area contributed by atoms with E-state index < -0.39 is 5.97 Å². The van der Waals surface area contributed by atoms with Crippen LogP contribution >= 0.6 is 0 Å². The second-order valence-corrected chi connectivity index (χ2v) is 6.74. The molecule has 5 nitrogen and oxygen atoms in total. The van der Waals surface area contributed by atoms with E-state index in [9.17, 15) is 9.18 Å². The number of hydrogen-bond acceptors (Lipinski definition) is 5. The summed E-state index contributed by atoms with van der Waals surface area (Å²) in [4.78, 5) is 10.9. The molecule has 0 atom stereocenters. The Morgan fingerprint density at radius 2 is 1.56 bits per heavy atom. The zero-order valence-electron chi connectivity index (χ0n) is 17.4. The highest BCUT2D eigenvalue weighted by Gasteiger charge is 2.08. The zero-order chi connectivity index (χ0) is 22.8. The summed E-state index contributed by atoms with van der Waals surface area (Å²) in [6.45, 7) is 4.43. The standard InChI is InChI=1S/C26H22FNO4/c1-2-26(29)32-16-14-30-13-15-31-23-10-7-21(8-11-23)24-12-9-22(17-25(24)27)20-5-3-19(18-28)4-6-20/h2-12,17H,1,13-16H2. The number of esters is 1. The van der Waals surface area contributed by atoms with Crippen molar-refractivity contribution in [3.63, 3.8) is 0 Å². The van der Waals surface area contributed by atoms with E-state index in [0.29, 0.717) is 30.1 Å². The van der Waals surface area contributed by atoms with Crippen LogP contribution in [0.5, 0.6) is 5.75 Å². The monoisotopic (exact) mass is 431 g/mol. The van der Waals surface area contributed by atoms with Crippen LogP contribution in [0.25, 0.3) is 22.3 Å². The number of nitrogens with zero attached hydrogens (tertiary/aromatic N) is 1. The van der Waals surface area contributed by atoms with Crippen molar-refractivity contribution in [2.45, 2.75) is 0 Å². The molecule has 0 heterocycles. The van der Waals surface area contributed by atoms with Gasteiger partial charge in [0.15, 0.2) is 0 Å². The Balaban J connectivity index is 1.52. The first-order valence-corrected chi connectivity index (χ1v) is 10.0. The molecule has 162 valence electrons. The van der Waals surface area contributed by atoms with E-state index in [-0.39, 0.29) is 19.0 Å². The molecule has 32 heavy (non-hydrogen) atoms. The molecule has 0 N–H and O–H groups in total. The molecule has 0 aliphatic heterocycles. The van der Waals surface area contributed by atoms with Gasteiger partial charge in [-0.25, -0.2) is 9.18 Å². The first kappa shape index (κ1) is 22.7. The number of rotatable bonds is 10. The molecule has 3 aromatic carbocycles. The van der Waals surface area contributed by atoms with Gasteiger partial charge in [-0.3, -0.25) is 0 Å². The molecule has 6 heteroatoms. The smallest absolute Gasteiger partial charge is 0.330 e. The van der Waals surface area contributed by atoms with Crippen molar-refractivity contribution in [1.29, 1.82) is 5.26 Å². The normalized spacial score (nSPS) is 10.2. The highest BCUT2D eigenvalue weighted by atomic mass is 19.1. The lowest BCUT2D eigenvalue weighted by atomic mass is 9.99. The number of carbonyl (C=O) groups excluding carboxylic acids is 1. The molecule has 0 aliphatic rings. The van der Waals surface area contributed by atoms with Crippen LogP contribution in [0.1, 0.15) is 5.56 Å². The van der Waals surface area contributed by atoms with E-state index in [2.05, 4.69) is 12.6 Å². The molecule has 3 aromatic rings. The Labute approximate surface area is 186 Å². The molecule has 0 aromatic heterocycles. The van der Waals surface area contributed by atoms with Gasteiger partial charge in [0.05, 0.1) is 24.8 Å². The first-order chi connectivity index (χ1) is 15.6. The molecule has 0 amide bonds. The van der Waals surface area contributed by atoms with Crippen molar-refractivity contribution in [2.75, 3.05) is 26.4 Å². The number of nitriles is 1. The molecule has 0 unspecified atom stereocenters. The van der Waals surface area contributed by atoms with Crippen molar-refractivity contribution >= 4 is 5.97 Å². The van der Waals surface area contributed by atoms with E-state index in [4.69, 9.17) is 19.5 Å². The van der Waals surface area contributed by atoms with Crippen LogP contribution in [0, 0.1) is 17.1 Å². The second-order valence-electron chi connectivity index (χ2n) is 6.74. The van der Waals surface area contributed by atoms with Crippen molar-refractivity contribution in [2.24, 2.45) is 0 Å². The molecular formula is C26H22FNO4. The highest BCUT2D eigenvalue weighted by Crippen LogP contribution is 2.29. The molecule has 0 bridgehead atoms. The fraction of sp³-hybridized carbons (Fsp3) is 0.154. The van der Waals surface area contributed by atoms with Gasteiger partial charge in [-0.05, 0) is 47.0 Å². The molecule has 0 saturated carbocycles. The lowest BCUT2D eigenvalue weighted by Gasteiger charge is -2.10. The Bertz CT molecular complexity index is 1100. The third-order valence-corrected chi connectivity index (χ3v) is 4.62. The summed E-state index contributed by atoms with van der Waals surface area (Å²) in [5, 5.41) is 8.90. The Kier molecular flexibility index (Phi) is 8.13. The minimum absolute atomic E-state index is 0.162. The minimum atomic E-state index is -0.481. The van der Waals surface area contributed by atoms with Crippen LogP contribution in [0.2, 0.25) is 0 Å². The maximum absolute atomic E-state index is 14.8. The quantitative estimate of drug-likeness (QED) is 0.252. The topological polar surface area (TPSA) is 68.6 Å². The van der Waals surface area contributed by atoms with Gasteiger partial charge < -0.3 is 14.2 Å². The summed E-state index contributed by atoms with van der Waals surface area (Å²) in [5.41, 5.74) is 3.39. The van der Waals surface area contributed by atoms with Crippen LogP contribution in [0.4, 0.5) is 4.39 Å².